The summed E-state index contributed by atoms with van der Waals surface area (Å²) < 4.78 is 28.7. The summed E-state index contributed by atoms with van der Waals surface area (Å²) in [4.78, 5) is 12.6. The number of hydrogen-bond acceptors (Lipinski definition) is 2. The largest absolute Gasteiger partial charge is 0.435 e. The van der Waals surface area contributed by atoms with Gasteiger partial charge in [-0.1, -0.05) is 42.5 Å². The van der Waals surface area contributed by atoms with E-state index in [9.17, 15) is 13.6 Å². The standard InChI is InChI=1S/C19H21F2NO2/c1-13(14-9-11-16(12-10-14)24-18(20)21)22-17(23)19(2,3)15-7-5-4-6-8-15/h4-13,18H,1-3H3,(H,22,23). The van der Waals surface area contributed by atoms with Gasteiger partial charge in [0, 0.05) is 0 Å². The van der Waals surface area contributed by atoms with Crippen molar-refractivity contribution in [2.45, 2.75) is 38.8 Å². The number of hydrogen-bond donors (Lipinski definition) is 1. The van der Waals surface area contributed by atoms with Gasteiger partial charge in [0.25, 0.3) is 0 Å². The lowest BCUT2D eigenvalue weighted by molar-refractivity contribution is -0.126. The first-order chi connectivity index (χ1) is 11.3. The minimum atomic E-state index is -2.85. The van der Waals surface area contributed by atoms with Gasteiger partial charge in [-0.2, -0.15) is 8.78 Å². The number of alkyl halides is 2. The van der Waals surface area contributed by atoms with Crippen LogP contribution in [0.4, 0.5) is 8.78 Å². The van der Waals surface area contributed by atoms with E-state index in [2.05, 4.69) is 10.1 Å². The maximum absolute atomic E-state index is 12.6. The molecule has 0 aliphatic carbocycles. The number of amides is 1. The van der Waals surface area contributed by atoms with Crippen LogP contribution >= 0.6 is 0 Å². The normalized spacial score (nSPS) is 12.8. The quantitative estimate of drug-likeness (QED) is 0.848. The van der Waals surface area contributed by atoms with Gasteiger partial charge >= 0.3 is 6.61 Å². The lowest BCUT2D eigenvalue weighted by atomic mass is 9.83. The van der Waals surface area contributed by atoms with Crippen LogP contribution in [-0.4, -0.2) is 12.5 Å². The van der Waals surface area contributed by atoms with Crippen molar-refractivity contribution in [2.24, 2.45) is 0 Å². The molecular weight excluding hydrogens is 312 g/mol. The first-order valence-electron chi connectivity index (χ1n) is 7.72. The summed E-state index contributed by atoms with van der Waals surface area (Å²) in [6.45, 7) is 2.73. The van der Waals surface area contributed by atoms with Crippen molar-refractivity contribution in [3.05, 3.63) is 65.7 Å². The molecule has 1 unspecified atom stereocenters. The number of carbonyl (C=O) groups excluding carboxylic acids is 1. The second kappa shape index (κ2) is 7.43. The Balaban J connectivity index is 2.06. The van der Waals surface area contributed by atoms with Gasteiger partial charge in [-0.3, -0.25) is 4.79 Å². The van der Waals surface area contributed by atoms with Gasteiger partial charge in [-0.25, -0.2) is 0 Å². The molecule has 1 atom stereocenters. The van der Waals surface area contributed by atoms with Crippen molar-refractivity contribution >= 4 is 5.91 Å². The molecule has 24 heavy (non-hydrogen) atoms. The van der Waals surface area contributed by atoms with Gasteiger partial charge in [-0.15, -0.1) is 0 Å². The van der Waals surface area contributed by atoms with E-state index in [0.717, 1.165) is 11.1 Å². The van der Waals surface area contributed by atoms with Crippen LogP contribution in [-0.2, 0) is 10.2 Å². The van der Waals surface area contributed by atoms with Crippen LogP contribution in [0.2, 0.25) is 0 Å². The minimum absolute atomic E-state index is 0.0943. The molecule has 0 saturated carbocycles. The maximum Gasteiger partial charge on any atom is 0.387 e. The van der Waals surface area contributed by atoms with Gasteiger partial charge in [0.2, 0.25) is 5.91 Å². The zero-order chi connectivity index (χ0) is 17.7. The van der Waals surface area contributed by atoms with Crippen molar-refractivity contribution in [1.82, 2.24) is 5.32 Å². The van der Waals surface area contributed by atoms with Crippen LogP contribution in [0.15, 0.2) is 54.6 Å². The first-order valence-corrected chi connectivity index (χ1v) is 7.72. The van der Waals surface area contributed by atoms with E-state index in [0.29, 0.717) is 0 Å². The number of nitrogens with one attached hydrogen (secondary N) is 1. The average molecular weight is 333 g/mol. The van der Waals surface area contributed by atoms with Crippen molar-refractivity contribution in [2.75, 3.05) is 0 Å². The number of carbonyl (C=O) groups is 1. The first kappa shape index (κ1) is 17.9. The Bertz CT molecular complexity index is 670. The summed E-state index contributed by atoms with van der Waals surface area (Å²) in [5.74, 6) is -0.00833. The second-order valence-corrected chi connectivity index (χ2v) is 6.13. The molecule has 0 bridgehead atoms. The Kier molecular flexibility index (Phi) is 5.54. The van der Waals surface area contributed by atoms with E-state index in [-0.39, 0.29) is 17.7 Å². The predicted molar refractivity (Wildman–Crippen MR) is 89.1 cm³/mol. The molecule has 0 heterocycles. The lowest BCUT2D eigenvalue weighted by Gasteiger charge is -2.26. The molecule has 1 amide bonds. The third-order valence-corrected chi connectivity index (χ3v) is 4.02. The fourth-order valence-electron chi connectivity index (χ4n) is 2.38. The number of halogens is 2. The summed E-state index contributed by atoms with van der Waals surface area (Å²) in [6, 6.07) is 15.5. The third kappa shape index (κ3) is 4.31. The molecule has 0 saturated heterocycles. The molecule has 3 nitrogen and oxygen atoms in total. The fraction of sp³-hybridized carbons (Fsp3) is 0.316. The van der Waals surface area contributed by atoms with Gasteiger partial charge in [0.05, 0.1) is 11.5 Å². The molecule has 0 aliphatic rings. The highest BCUT2D eigenvalue weighted by Crippen LogP contribution is 2.25. The zero-order valence-electron chi connectivity index (χ0n) is 13.9. The highest BCUT2D eigenvalue weighted by Gasteiger charge is 2.30. The van der Waals surface area contributed by atoms with Crippen LogP contribution in [0.25, 0.3) is 0 Å². The number of benzene rings is 2. The molecule has 128 valence electrons. The number of ether oxygens (including phenoxy) is 1. The molecule has 0 spiro atoms. The average Bonchev–Trinajstić information content (AvgIpc) is 2.55. The third-order valence-electron chi connectivity index (χ3n) is 4.02. The molecule has 2 aromatic carbocycles. The second-order valence-electron chi connectivity index (χ2n) is 6.13. The molecule has 0 aromatic heterocycles. The van der Waals surface area contributed by atoms with Crippen LogP contribution in [0.1, 0.15) is 37.9 Å². The SMILES string of the molecule is CC(NC(=O)C(C)(C)c1ccccc1)c1ccc(OC(F)F)cc1. The smallest absolute Gasteiger partial charge is 0.387 e. The summed E-state index contributed by atoms with van der Waals surface area (Å²) >= 11 is 0. The number of rotatable bonds is 6. The molecule has 0 aliphatic heterocycles. The van der Waals surface area contributed by atoms with Crippen molar-refractivity contribution in [3.8, 4) is 5.75 Å². The topological polar surface area (TPSA) is 38.3 Å². The Morgan fingerprint density at radius 3 is 2.17 bits per heavy atom. The van der Waals surface area contributed by atoms with Gasteiger partial charge in [0.15, 0.2) is 0 Å². The molecule has 2 aromatic rings. The van der Waals surface area contributed by atoms with Crippen molar-refractivity contribution < 1.29 is 18.3 Å². The molecular formula is C19H21F2NO2. The molecule has 1 N–H and O–H groups in total. The van der Waals surface area contributed by atoms with Crippen LogP contribution in [0, 0.1) is 0 Å². The van der Waals surface area contributed by atoms with Gasteiger partial charge in [0.1, 0.15) is 5.75 Å². The summed E-state index contributed by atoms with van der Waals surface area (Å²) in [5, 5.41) is 2.97. The van der Waals surface area contributed by atoms with E-state index < -0.39 is 12.0 Å². The molecule has 0 radical (unpaired) electrons. The van der Waals surface area contributed by atoms with E-state index in [1.807, 2.05) is 51.1 Å². The van der Waals surface area contributed by atoms with Crippen LogP contribution < -0.4 is 10.1 Å². The van der Waals surface area contributed by atoms with Crippen LogP contribution in [0.5, 0.6) is 5.75 Å². The van der Waals surface area contributed by atoms with Crippen molar-refractivity contribution in [3.63, 3.8) is 0 Å². The van der Waals surface area contributed by atoms with Crippen molar-refractivity contribution in [1.29, 1.82) is 0 Å². The van der Waals surface area contributed by atoms with Gasteiger partial charge in [-0.05, 0) is 44.0 Å². The Morgan fingerprint density at radius 2 is 1.62 bits per heavy atom. The minimum Gasteiger partial charge on any atom is -0.435 e. The van der Waals surface area contributed by atoms with Gasteiger partial charge < -0.3 is 10.1 Å². The Morgan fingerprint density at radius 1 is 1.04 bits per heavy atom. The maximum atomic E-state index is 12.6. The molecule has 5 heteroatoms. The highest BCUT2D eigenvalue weighted by atomic mass is 19.3. The van der Waals surface area contributed by atoms with E-state index in [1.165, 1.54) is 12.1 Å². The lowest BCUT2D eigenvalue weighted by Crippen LogP contribution is -2.41. The Labute approximate surface area is 140 Å². The molecule has 2 rings (SSSR count). The highest BCUT2D eigenvalue weighted by molar-refractivity contribution is 5.87. The monoisotopic (exact) mass is 333 g/mol. The van der Waals surface area contributed by atoms with E-state index in [4.69, 9.17) is 0 Å². The fourth-order valence-corrected chi connectivity index (χ4v) is 2.38. The molecule has 0 fully saturated rings. The zero-order valence-corrected chi connectivity index (χ0v) is 13.9. The summed E-state index contributed by atoms with van der Waals surface area (Å²) in [7, 11) is 0. The Hall–Kier alpha value is -2.43. The van der Waals surface area contributed by atoms with E-state index >= 15 is 0 Å². The van der Waals surface area contributed by atoms with Crippen LogP contribution in [0.3, 0.4) is 0 Å². The summed E-state index contributed by atoms with van der Waals surface area (Å²) in [6.07, 6.45) is 0. The van der Waals surface area contributed by atoms with E-state index in [1.54, 1.807) is 12.1 Å². The predicted octanol–water partition coefficient (Wildman–Crippen LogP) is 4.44. The summed E-state index contributed by atoms with van der Waals surface area (Å²) in [5.41, 5.74) is 1.07.